The van der Waals surface area contributed by atoms with Crippen LogP contribution in [0.15, 0.2) is 23.1 Å². The number of hydrogen-bond acceptors (Lipinski definition) is 5. The van der Waals surface area contributed by atoms with Crippen LogP contribution >= 0.6 is 0 Å². The van der Waals surface area contributed by atoms with Gasteiger partial charge in [0, 0.05) is 31.7 Å². The molecule has 1 N–H and O–H groups in total. The van der Waals surface area contributed by atoms with Gasteiger partial charge in [0.1, 0.15) is 5.75 Å². The highest BCUT2D eigenvalue weighted by molar-refractivity contribution is 7.89. The summed E-state index contributed by atoms with van der Waals surface area (Å²) in [5.74, 6) is 0.0614. The number of benzene rings is 1. The van der Waals surface area contributed by atoms with E-state index < -0.39 is 10.0 Å². The number of nitrogens with one attached hydrogen (secondary N) is 1. The molecule has 8 heteroatoms. The molecule has 0 aromatic heterocycles. The van der Waals surface area contributed by atoms with Gasteiger partial charge < -0.3 is 10.1 Å². The molecule has 1 aliphatic heterocycles. The SMILES string of the molecule is COc1ccc(S(=O)(=O)N2CCCCCC2)cc1C(=O)NCC(C)N(C)C1CC1. The molecule has 29 heavy (non-hydrogen) atoms. The third-order valence-corrected chi connectivity index (χ3v) is 7.89. The summed E-state index contributed by atoms with van der Waals surface area (Å²) in [5.41, 5.74) is 0.254. The van der Waals surface area contributed by atoms with Crippen molar-refractivity contribution < 1.29 is 17.9 Å². The number of likely N-dealkylation sites (N-methyl/N-ethyl adjacent to an activating group) is 1. The van der Waals surface area contributed by atoms with Gasteiger partial charge in [-0.3, -0.25) is 9.69 Å². The Hall–Kier alpha value is -1.64. The highest BCUT2D eigenvalue weighted by Gasteiger charge is 2.30. The van der Waals surface area contributed by atoms with E-state index in [0.29, 0.717) is 31.4 Å². The maximum absolute atomic E-state index is 13.1. The van der Waals surface area contributed by atoms with Gasteiger partial charge in [-0.25, -0.2) is 8.42 Å². The summed E-state index contributed by atoms with van der Waals surface area (Å²) in [7, 11) is -0.0669. The number of carbonyl (C=O) groups is 1. The molecule has 7 nitrogen and oxygen atoms in total. The molecule has 1 heterocycles. The molecule has 1 aromatic rings. The van der Waals surface area contributed by atoms with Crippen LogP contribution in [-0.2, 0) is 10.0 Å². The summed E-state index contributed by atoms with van der Waals surface area (Å²) in [5, 5.41) is 2.94. The van der Waals surface area contributed by atoms with Gasteiger partial charge in [-0.05, 0) is 57.9 Å². The Morgan fingerprint density at radius 1 is 1.24 bits per heavy atom. The fourth-order valence-electron chi connectivity index (χ4n) is 3.78. The van der Waals surface area contributed by atoms with Crippen molar-refractivity contribution in [3.8, 4) is 5.75 Å². The van der Waals surface area contributed by atoms with Crippen LogP contribution in [-0.4, -0.2) is 69.4 Å². The lowest BCUT2D eigenvalue weighted by atomic mass is 10.2. The van der Waals surface area contributed by atoms with Crippen molar-refractivity contribution in [3.05, 3.63) is 23.8 Å². The van der Waals surface area contributed by atoms with Gasteiger partial charge in [-0.1, -0.05) is 12.8 Å². The lowest BCUT2D eigenvalue weighted by molar-refractivity contribution is 0.0936. The Morgan fingerprint density at radius 3 is 2.48 bits per heavy atom. The van der Waals surface area contributed by atoms with Gasteiger partial charge in [0.25, 0.3) is 5.91 Å². The van der Waals surface area contributed by atoms with E-state index in [-0.39, 0.29) is 22.4 Å². The topological polar surface area (TPSA) is 79.0 Å². The average Bonchev–Trinajstić information content (AvgIpc) is 3.57. The highest BCUT2D eigenvalue weighted by atomic mass is 32.2. The summed E-state index contributed by atoms with van der Waals surface area (Å²) in [6.07, 6.45) is 6.26. The lowest BCUT2D eigenvalue weighted by Gasteiger charge is -2.25. The molecule has 1 saturated carbocycles. The average molecular weight is 424 g/mol. The zero-order valence-corrected chi connectivity index (χ0v) is 18.5. The second kappa shape index (κ2) is 9.45. The Balaban J connectivity index is 1.76. The van der Waals surface area contributed by atoms with Crippen LogP contribution in [0, 0.1) is 0 Å². The van der Waals surface area contributed by atoms with Crippen LogP contribution < -0.4 is 10.1 Å². The third-order valence-electron chi connectivity index (χ3n) is 5.99. The number of carbonyl (C=O) groups excluding carboxylic acids is 1. The minimum Gasteiger partial charge on any atom is -0.496 e. The van der Waals surface area contributed by atoms with E-state index in [1.165, 1.54) is 36.4 Å². The van der Waals surface area contributed by atoms with Gasteiger partial charge in [-0.2, -0.15) is 4.31 Å². The number of ether oxygens (including phenoxy) is 1. The number of rotatable bonds is 8. The molecule has 1 saturated heterocycles. The van der Waals surface area contributed by atoms with Gasteiger partial charge in [0.05, 0.1) is 17.6 Å². The Labute approximate surface area is 174 Å². The Morgan fingerprint density at radius 2 is 1.90 bits per heavy atom. The molecular weight excluding hydrogens is 390 g/mol. The summed E-state index contributed by atoms with van der Waals surface area (Å²) in [4.78, 5) is 15.3. The van der Waals surface area contributed by atoms with Crippen LogP contribution in [0.2, 0.25) is 0 Å². The predicted molar refractivity (Wildman–Crippen MR) is 113 cm³/mol. The molecule has 1 atom stereocenters. The van der Waals surface area contributed by atoms with E-state index in [1.54, 1.807) is 6.07 Å². The van der Waals surface area contributed by atoms with Crippen LogP contribution in [0.5, 0.6) is 5.75 Å². The van der Waals surface area contributed by atoms with Crippen molar-refractivity contribution >= 4 is 15.9 Å². The first-order valence-corrected chi connectivity index (χ1v) is 12.0. The zero-order chi connectivity index (χ0) is 21.0. The fraction of sp³-hybridized carbons (Fsp3) is 0.667. The molecule has 1 aliphatic carbocycles. The van der Waals surface area contributed by atoms with E-state index in [0.717, 1.165) is 25.7 Å². The van der Waals surface area contributed by atoms with Gasteiger partial charge in [-0.15, -0.1) is 0 Å². The molecule has 3 rings (SSSR count). The summed E-state index contributed by atoms with van der Waals surface area (Å²) >= 11 is 0. The minimum atomic E-state index is -3.62. The molecule has 0 spiro atoms. The van der Waals surface area contributed by atoms with Crippen LogP contribution in [0.25, 0.3) is 0 Å². The molecule has 1 unspecified atom stereocenters. The summed E-state index contributed by atoms with van der Waals surface area (Å²) < 4.78 is 33.1. The van der Waals surface area contributed by atoms with E-state index in [1.807, 2.05) is 0 Å². The van der Waals surface area contributed by atoms with Gasteiger partial charge in [0.2, 0.25) is 10.0 Å². The van der Waals surface area contributed by atoms with Gasteiger partial charge >= 0.3 is 0 Å². The van der Waals surface area contributed by atoms with Crippen molar-refractivity contribution in [3.63, 3.8) is 0 Å². The van der Waals surface area contributed by atoms with Crippen molar-refractivity contribution in [2.45, 2.75) is 62.4 Å². The third kappa shape index (κ3) is 5.29. The van der Waals surface area contributed by atoms with Crippen molar-refractivity contribution in [1.82, 2.24) is 14.5 Å². The second-order valence-corrected chi connectivity index (χ2v) is 10.1. The normalized spacial score (nSPS) is 19.6. The van der Waals surface area contributed by atoms with Gasteiger partial charge in [0.15, 0.2) is 0 Å². The quantitative estimate of drug-likeness (QED) is 0.695. The van der Waals surface area contributed by atoms with Crippen LogP contribution in [0.4, 0.5) is 0 Å². The molecule has 1 aromatic carbocycles. The van der Waals surface area contributed by atoms with E-state index in [9.17, 15) is 13.2 Å². The molecule has 2 aliphatic rings. The molecule has 2 fully saturated rings. The highest BCUT2D eigenvalue weighted by Crippen LogP contribution is 2.28. The molecule has 0 radical (unpaired) electrons. The number of nitrogens with zero attached hydrogens (tertiary/aromatic N) is 2. The molecule has 162 valence electrons. The molecular formula is C21H33N3O4S. The number of amides is 1. The fourth-order valence-corrected chi connectivity index (χ4v) is 5.32. The van der Waals surface area contributed by atoms with Crippen LogP contribution in [0.1, 0.15) is 55.8 Å². The smallest absolute Gasteiger partial charge is 0.255 e. The first-order valence-electron chi connectivity index (χ1n) is 10.5. The maximum atomic E-state index is 13.1. The summed E-state index contributed by atoms with van der Waals surface area (Å²) in [6.45, 7) is 3.63. The first kappa shape index (κ1) is 22.1. The Bertz CT molecular complexity index is 815. The van der Waals surface area contributed by atoms with Crippen molar-refractivity contribution in [1.29, 1.82) is 0 Å². The maximum Gasteiger partial charge on any atom is 0.255 e. The number of hydrogen-bond donors (Lipinski definition) is 1. The zero-order valence-electron chi connectivity index (χ0n) is 17.7. The second-order valence-electron chi connectivity index (χ2n) is 8.14. The minimum absolute atomic E-state index is 0.147. The monoisotopic (exact) mass is 423 g/mol. The Kier molecular flexibility index (Phi) is 7.19. The lowest BCUT2D eigenvalue weighted by Crippen LogP contribution is -2.41. The molecule has 0 bridgehead atoms. The largest absolute Gasteiger partial charge is 0.496 e. The summed E-state index contributed by atoms with van der Waals surface area (Å²) in [6, 6.07) is 5.36. The number of methoxy groups -OCH3 is 1. The first-order chi connectivity index (χ1) is 13.8. The number of sulfonamides is 1. The van der Waals surface area contributed by atoms with E-state index in [4.69, 9.17) is 4.74 Å². The van der Waals surface area contributed by atoms with E-state index in [2.05, 4.69) is 24.2 Å². The van der Waals surface area contributed by atoms with Crippen molar-refractivity contribution in [2.75, 3.05) is 33.8 Å². The molecule has 1 amide bonds. The predicted octanol–water partition coefficient (Wildman–Crippen LogP) is 2.47. The van der Waals surface area contributed by atoms with Crippen LogP contribution in [0.3, 0.4) is 0 Å². The standard InChI is InChI=1S/C21H33N3O4S/c1-16(23(2)17-8-9-17)15-22-21(25)19-14-18(10-11-20(19)28-3)29(26,27)24-12-6-4-5-7-13-24/h10-11,14,16-17H,4-9,12-13,15H2,1-3H3,(H,22,25). The van der Waals surface area contributed by atoms with E-state index >= 15 is 0 Å². The van der Waals surface area contributed by atoms with Crippen molar-refractivity contribution in [2.24, 2.45) is 0 Å².